The van der Waals surface area contributed by atoms with Crippen molar-refractivity contribution >= 4 is 24.2 Å². The van der Waals surface area contributed by atoms with Gasteiger partial charge in [-0.3, -0.25) is 0 Å². The highest BCUT2D eigenvalue weighted by molar-refractivity contribution is 9.11. The molecule has 0 atom stereocenters. The van der Waals surface area contributed by atoms with Crippen molar-refractivity contribution in [3.63, 3.8) is 0 Å². The predicted molar refractivity (Wildman–Crippen MR) is 75.1 cm³/mol. The Morgan fingerprint density at radius 3 is 1.60 bits per heavy atom. The van der Waals surface area contributed by atoms with Crippen LogP contribution >= 0.6 is 15.9 Å². The molecule has 0 fully saturated rings. The zero-order valence-electron chi connectivity index (χ0n) is 10.9. The van der Waals surface area contributed by atoms with Crippen LogP contribution < -0.4 is 0 Å². The fourth-order valence-electron chi connectivity index (χ4n) is 2.70. The van der Waals surface area contributed by atoms with E-state index in [0.717, 1.165) is 4.48 Å². The molecular formula is C12H25BrOSi. The molecule has 1 nitrogen and oxygen atoms in total. The maximum atomic E-state index is 6.27. The molecule has 0 aromatic heterocycles. The highest BCUT2D eigenvalue weighted by Crippen LogP contribution is 2.42. The lowest BCUT2D eigenvalue weighted by atomic mass is 10.5. The molecule has 0 rings (SSSR count). The van der Waals surface area contributed by atoms with Gasteiger partial charge < -0.3 is 4.43 Å². The Bertz CT molecular complexity index is 190. The number of rotatable bonds is 6. The van der Waals surface area contributed by atoms with Crippen molar-refractivity contribution in [2.45, 2.75) is 58.2 Å². The highest BCUT2D eigenvalue weighted by Gasteiger charge is 2.44. The van der Waals surface area contributed by atoms with Crippen molar-refractivity contribution < 1.29 is 4.43 Å². The molecule has 90 valence electrons. The van der Waals surface area contributed by atoms with E-state index in [1.54, 1.807) is 0 Å². The standard InChI is InChI=1S/C12H25BrOSi/c1-9(2)15(10(3)4,11(5)6)14-8-12(7)13/h9-11H,7-8H2,1-6H3. The van der Waals surface area contributed by atoms with Gasteiger partial charge in [0.25, 0.3) is 0 Å². The van der Waals surface area contributed by atoms with Crippen LogP contribution in [0.4, 0.5) is 0 Å². The third-order valence-electron chi connectivity index (χ3n) is 3.19. The summed E-state index contributed by atoms with van der Waals surface area (Å²) >= 11 is 3.38. The zero-order chi connectivity index (χ0) is 12.2. The largest absolute Gasteiger partial charge is 0.411 e. The molecule has 0 aliphatic rings. The quantitative estimate of drug-likeness (QED) is 0.620. The van der Waals surface area contributed by atoms with Crippen molar-refractivity contribution in [1.82, 2.24) is 0 Å². The summed E-state index contributed by atoms with van der Waals surface area (Å²) in [6.45, 7) is 18.3. The fourth-order valence-corrected chi connectivity index (χ4v) is 8.45. The zero-order valence-corrected chi connectivity index (χ0v) is 13.5. The van der Waals surface area contributed by atoms with Crippen LogP contribution in [0.5, 0.6) is 0 Å². The molecule has 0 spiro atoms. The van der Waals surface area contributed by atoms with E-state index in [1.165, 1.54) is 0 Å². The van der Waals surface area contributed by atoms with E-state index >= 15 is 0 Å². The van der Waals surface area contributed by atoms with Crippen molar-refractivity contribution in [2.24, 2.45) is 0 Å². The summed E-state index contributed by atoms with van der Waals surface area (Å²) in [5.41, 5.74) is 1.93. The second-order valence-corrected chi connectivity index (χ2v) is 11.7. The van der Waals surface area contributed by atoms with Crippen LogP contribution in [0.25, 0.3) is 0 Å². The van der Waals surface area contributed by atoms with E-state index in [-0.39, 0.29) is 0 Å². The lowest BCUT2D eigenvalue weighted by Crippen LogP contribution is -2.47. The Hall–Kier alpha value is 0.397. The first-order valence-corrected chi connectivity index (χ1v) is 8.65. The summed E-state index contributed by atoms with van der Waals surface area (Å²) in [4.78, 5) is 0. The number of hydrogen-bond acceptors (Lipinski definition) is 1. The van der Waals surface area contributed by atoms with Crippen LogP contribution in [0.1, 0.15) is 41.5 Å². The van der Waals surface area contributed by atoms with Gasteiger partial charge in [0, 0.05) is 4.48 Å². The van der Waals surface area contributed by atoms with Crippen molar-refractivity contribution in [2.75, 3.05) is 6.61 Å². The SMILES string of the molecule is C=C(Br)CO[Si](C(C)C)(C(C)C)C(C)C. The Labute approximate surface area is 105 Å². The van der Waals surface area contributed by atoms with Crippen LogP contribution in [-0.2, 0) is 4.43 Å². The molecule has 0 unspecified atom stereocenters. The maximum Gasteiger partial charge on any atom is 0.200 e. The molecule has 0 N–H and O–H groups in total. The predicted octanol–water partition coefficient (Wildman–Crippen LogP) is 5.09. The molecule has 0 saturated carbocycles. The van der Waals surface area contributed by atoms with Crippen LogP contribution in [0.15, 0.2) is 11.1 Å². The average Bonchev–Trinajstić information content (AvgIpc) is 2.02. The smallest absolute Gasteiger partial charge is 0.200 e. The van der Waals surface area contributed by atoms with Crippen LogP contribution in [-0.4, -0.2) is 14.9 Å². The van der Waals surface area contributed by atoms with Gasteiger partial charge >= 0.3 is 0 Å². The van der Waals surface area contributed by atoms with E-state index in [2.05, 4.69) is 64.1 Å². The van der Waals surface area contributed by atoms with E-state index in [9.17, 15) is 0 Å². The van der Waals surface area contributed by atoms with Crippen molar-refractivity contribution in [1.29, 1.82) is 0 Å². The Kier molecular flexibility index (Phi) is 6.38. The molecular weight excluding hydrogens is 268 g/mol. The summed E-state index contributed by atoms with van der Waals surface area (Å²) in [5, 5.41) is 0. The summed E-state index contributed by atoms with van der Waals surface area (Å²) < 4.78 is 7.21. The topological polar surface area (TPSA) is 9.23 Å². The van der Waals surface area contributed by atoms with Crippen LogP contribution in [0.2, 0.25) is 16.6 Å². The minimum absolute atomic E-state index is 0.643. The van der Waals surface area contributed by atoms with E-state index in [0.29, 0.717) is 23.2 Å². The molecule has 0 radical (unpaired) electrons. The Balaban J connectivity index is 4.88. The molecule has 0 aliphatic carbocycles. The van der Waals surface area contributed by atoms with Gasteiger partial charge in [0.1, 0.15) is 0 Å². The summed E-state index contributed by atoms with van der Waals surface area (Å²) in [6.07, 6.45) is 0. The Morgan fingerprint density at radius 1 is 1.07 bits per heavy atom. The maximum absolute atomic E-state index is 6.27. The van der Waals surface area contributed by atoms with Gasteiger partial charge in [0.15, 0.2) is 0 Å². The Morgan fingerprint density at radius 2 is 1.40 bits per heavy atom. The van der Waals surface area contributed by atoms with Gasteiger partial charge in [-0.25, -0.2) is 0 Å². The first kappa shape index (κ1) is 15.4. The molecule has 0 aromatic carbocycles. The second kappa shape index (κ2) is 6.21. The summed E-state index contributed by atoms with van der Waals surface area (Å²) in [6, 6.07) is 0. The molecule has 15 heavy (non-hydrogen) atoms. The fraction of sp³-hybridized carbons (Fsp3) is 0.833. The third-order valence-corrected chi connectivity index (χ3v) is 9.47. The highest BCUT2D eigenvalue weighted by atomic mass is 79.9. The van der Waals surface area contributed by atoms with E-state index in [1.807, 2.05) is 0 Å². The summed E-state index contributed by atoms with van der Waals surface area (Å²) in [7, 11) is -1.68. The molecule has 0 amide bonds. The lowest BCUT2D eigenvalue weighted by Gasteiger charge is -2.42. The van der Waals surface area contributed by atoms with Gasteiger partial charge in [-0.05, 0) is 16.6 Å². The molecule has 0 aromatic rings. The van der Waals surface area contributed by atoms with Crippen molar-refractivity contribution in [3.05, 3.63) is 11.1 Å². The minimum Gasteiger partial charge on any atom is -0.411 e. The molecule has 3 heteroatoms. The monoisotopic (exact) mass is 292 g/mol. The lowest BCUT2D eigenvalue weighted by molar-refractivity contribution is 0.314. The minimum atomic E-state index is -1.68. The second-order valence-electron chi connectivity index (χ2n) is 5.12. The van der Waals surface area contributed by atoms with Crippen LogP contribution in [0.3, 0.4) is 0 Å². The van der Waals surface area contributed by atoms with Gasteiger partial charge in [0.05, 0.1) is 6.61 Å². The third kappa shape index (κ3) is 3.72. The van der Waals surface area contributed by atoms with Crippen molar-refractivity contribution in [3.8, 4) is 0 Å². The summed E-state index contributed by atoms with van der Waals surface area (Å²) in [5.74, 6) is 0. The number of halogens is 1. The van der Waals surface area contributed by atoms with Gasteiger partial charge in [-0.15, -0.1) is 0 Å². The van der Waals surface area contributed by atoms with Gasteiger partial charge in [-0.1, -0.05) is 64.1 Å². The van der Waals surface area contributed by atoms with Crippen LogP contribution in [0, 0.1) is 0 Å². The van der Waals surface area contributed by atoms with E-state index in [4.69, 9.17) is 4.43 Å². The molecule has 0 aliphatic heterocycles. The molecule has 0 saturated heterocycles. The molecule has 0 heterocycles. The van der Waals surface area contributed by atoms with E-state index < -0.39 is 8.32 Å². The average molecular weight is 293 g/mol. The normalized spacial score (nSPS) is 12.9. The first-order chi connectivity index (χ1) is 6.75. The first-order valence-electron chi connectivity index (χ1n) is 5.72. The van der Waals surface area contributed by atoms with Gasteiger partial charge in [-0.2, -0.15) is 0 Å². The number of hydrogen-bond donors (Lipinski definition) is 0. The van der Waals surface area contributed by atoms with Gasteiger partial charge in [0.2, 0.25) is 8.32 Å². The molecule has 0 bridgehead atoms.